The van der Waals surface area contributed by atoms with Gasteiger partial charge in [0.1, 0.15) is 17.1 Å². The van der Waals surface area contributed by atoms with E-state index < -0.39 is 6.10 Å². The number of aliphatic hydroxyl groups excluding tert-OH is 1. The topological polar surface area (TPSA) is 70.7 Å². The van der Waals surface area contributed by atoms with Gasteiger partial charge in [-0.2, -0.15) is 0 Å². The number of para-hydroxylation sites is 1. The summed E-state index contributed by atoms with van der Waals surface area (Å²) < 4.78 is 7.04. The molecule has 0 bridgehead atoms. The van der Waals surface area contributed by atoms with Crippen molar-refractivity contribution >= 4 is 61.9 Å². The number of carbonyl (C=O) groups is 1. The normalized spacial score (nSPS) is 12.5. The van der Waals surface area contributed by atoms with Gasteiger partial charge in [0.05, 0.1) is 18.8 Å². The van der Waals surface area contributed by atoms with Crippen molar-refractivity contribution in [2.75, 3.05) is 0 Å². The van der Waals surface area contributed by atoms with Crippen molar-refractivity contribution in [3.8, 4) is 5.75 Å². The van der Waals surface area contributed by atoms with Crippen LogP contribution < -0.4 is 0 Å². The predicted octanol–water partition coefficient (Wildman–Crippen LogP) is 4.50. The first-order valence-corrected chi connectivity index (χ1v) is 9.45. The maximum atomic E-state index is 13.1. The van der Waals surface area contributed by atoms with Crippen molar-refractivity contribution in [2.24, 2.45) is 0 Å². The highest BCUT2D eigenvalue weighted by Crippen LogP contribution is 2.32. The molecule has 2 N–H and O–H groups in total. The lowest BCUT2D eigenvalue weighted by molar-refractivity contribution is 0.103. The molecule has 2 aromatic carbocycles. The Labute approximate surface area is 166 Å². The van der Waals surface area contributed by atoms with E-state index >= 15 is 0 Å². The molecule has 1 aromatic heterocycles. The van der Waals surface area contributed by atoms with E-state index in [1.165, 1.54) is 0 Å². The predicted molar refractivity (Wildman–Crippen MR) is 109 cm³/mol. The third-order valence-corrected chi connectivity index (χ3v) is 5.30. The Bertz CT molecular complexity index is 905. The van der Waals surface area contributed by atoms with Gasteiger partial charge in [-0.25, -0.2) is 0 Å². The third-order valence-electron chi connectivity index (χ3n) is 3.66. The number of halogens is 2. The largest absolute Gasteiger partial charge is 0.506 e. The number of phenols is 1. The SMILES string of the molecule is CC(O)Cc1oc2ccccc2c1C(=O)c1cc(I)c(O)c(I)c1. The van der Waals surface area contributed by atoms with Crippen LogP contribution in [0.15, 0.2) is 40.8 Å². The van der Waals surface area contributed by atoms with Crippen molar-refractivity contribution in [2.45, 2.75) is 19.4 Å². The van der Waals surface area contributed by atoms with Gasteiger partial charge in [-0.1, -0.05) is 18.2 Å². The molecule has 4 nitrogen and oxygen atoms in total. The first-order valence-electron chi connectivity index (χ1n) is 7.29. The number of carbonyl (C=O) groups excluding carboxylic acids is 1. The number of ketones is 1. The molecule has 0 spiro atoms. The zero-order valence-electron chi connectivity index (χ0n) is 12.7. The number of furan rings is 1. The number of fused-ring (bicyclic) bond motifs is 1. The van der Waals surface area contributed by atoms with Crippen LogP contribution in [0.1, 0.15) is 28.6 Å². The molecule has 0 aliphatic carbocycles. The van der Waals surface area contributed by atoms with E-state index in [4.69, 9.17) is 4.42 Å². The Morgan fingerprint density at radius 2 is 1.83 bits per heavy atom. The van der Waals surface area contributed by atoms with Crippen molar-refractivity contribution in [1.29, 1.82) is 0 Å². The molecule has 0 saturated heterocycles. The molecule has 1 unspecified atom stereocenters. The average molecular weight is 548 g/mol. The number of rotatable bonds is 4. The quantitative estimate of drug-likeness (QED) is 0.373. The van der Waals surface area contributed by atoms with Gasteiger partial charge in [-0.05, 0) is 70.3 Å². The van der Waals surface area contributed by atoms with Crippen LogP contribution in [0.5, 0.6) is 5.75 Å². The van der Waals surface area contributed by atoms with Gasteiger partial charge in [0, 0.05) is 17.4 Å². The Hall–Kier alpha value is -1.13. The van der Waals surface area contributed by atoms with Crippen molar-refractivity contribution in [3.05, 3.63) is 60.4 Å². The van der Waals surface area contributed by atoms with Crippen LogP contribution in [0.3, 0.4) is 0 Å². The van der Waals surface area contributed by atoms with Gasteiger partial charge in [-0.3, -0.25) is 4.79 Å². The first-order chi connectivity index (χ1) is 11.4. The minimum absolute atomic E-state index is 0.175. The summed E-state index contributed by atoms with van der Waals surface area (Å²) in [5, 5.41) is 20.4. The third kappa shape index (κ3) is 3.31. The highest BCUT2D eigenvalue weighted by molar-refractivity contribution is 14.1. The van der Waals surface area contributed by atoms with Crippen LogP contribution in [0.25, 0.3) is 11.0 Å². The second kappa shape index (κ2) is 7.01. The molecule has 3 aromatic rings. The van der Waals surface area contributed by atoms with Gasteiger partial charge in [0.25, 0.3) is 0 Å². The van der Waals surface area contributed by atoms with E-state index in [2.05, 4.69) is 0 Å². The van der Waals surface area contributed by atoms with Crippen LogP contribution in [0, 0.1) is 7.14 Å². The number of aliphatic hydroxyl groups is 1. The fourth-order valence-corrected chi connectivity index (χ4v) is 4.37. The second-order valence-corrected chi connectivity index (χ2v) is 7.89. The summed E-state index contributed by atoms with van der Waals surface area (Å²) in [5.41, 5.74) is 1.59. The Balaban J connectivity index is 2.19. The molecule has 0 saturated carbocycles. The van der Waals surface area contributed by atoms with Gasteiger partial charge in [0.15, 0.2) is 5.78 Å². The minimum atomic E-state index is -0.614. The van der Waals surface area contributed by atoms with E-state index in [1.54, 1.807) is 19.1 Å². The zero-order valence-corrected chi connectivity index (χ0v) is 17.0. The molecule has 0 radical (unpaired) electrons. The fraction of sp³-hybridized carbons (Fsp3) is 0.167. The van der Waals surface area contributed by atoms with E-state index in [1.807, 2.05) is 69.4 Å². The van der Waals surface area contributed by atoms with Crippen LogP contribution in [0.4, 0.5) is 0 Å². The van der Waals surface area contributed by atoms with Crippen molar-refractivity contribution in [3.63, 3.8) is 0 Å². The number of benzene rings is 2. The van der Waals surface area contributed by atoms with E-state index in [-0.39, 0.29) is 18.0 Å². The molecule has 1 atom stereocenters. The molecule has 3 rings (SSSR count). The molecule has 1 heterocycles. The van der Waals surface area contributed by atoms with Crippen LogP contribution in [-0.4, -0.2) is 22.1 Å². The summed E-state index contributed by atoms with van der Waals surface area (Å²) in [6.45, 7) is 1.66. The lowest BCUT2D eigenvalue weighted by atomic mass is 9.98. The molecule has 24 heavy (non-hydrogen) atoms. The Morgan fingerprint density at radius 1 is 1.21 bits per heavy atom. The first kappa shape index (κ1) is 17.7. The number of phenolic OH excluding ortho intramolecular Hbond substituents is 1. The fourth-order valence-electron chi connectivity index (χ4n) is 2.60. The molecule has 0 amide bonds. The van der Waals surface area contributed by atoms with Crippen molar-refractivity contribution in [1.82, 2.24) is 0 Å². The Morgan fingerprint density at radius 3 is 2.46 bits per heavy atom. The summed E-state index contributed by atoms with van der Waals surface area (Å²) in [5.74, 6) is 0.481. The molecular formula is C18H14I2O4. The van der Waals surface area contributed by atoms with Crippen LogP contribution >= 0.6 is 45.2 Å². The molecule has 0 fully saturated rings. The monoisotopic (exact) mass is 548 g/mol. The zero-order chi connectivity index (χ0) is 17.4. The standard InChI is InChI=1S/C18H14I2O4/c1-9(21)6-15-16(11-4-2-3-5-14(11)24-15)17(22)10-7-12(19)18(23)13(20)8-10/h2-5,7-9,21,23H,6H2,1H3. The van der Waals surface area contributed by atoms with Gasteiger partial charge in [0.2, 0.25) is 0 Å². The van der Waals surface area contributed by atoms with Crippen LogP contribution in [0.2, 0.25) is 0 Å². The van der Waals surface area contributed by atoms with Gasteiger partial charge < -0.3 is 14.6 Å². The van der Waals surface area contributed by atoms with Gasteiger partial charge >= 0.3 is 0 Å². The summed E-state index contributed by atoms with van der Waals surface area (Å²) in [7, 11) is 0. The number of hydrogen-bond donors (Lipinski definition) is 2. The summed E-state index contributed by atoms with van der Waals surface area (Å²) >= 11 is 4.01. The molecule has 0 aliphatic rings. The van der Waals surface area contributed by atoms with E-state index in [9.17, 15) is 15.0 Å². The molecule has 124 valence electrons. The van der Waals surface area contributed by atoms with Crippen LogP contribution in [-0.2, 0) is 6.42 Å². The number of hydrogen-bond acceptors (Lipinski definition) is 4. The highest BCUT2D eigenvalue weighted by Gasteiger charge is 2.23. The highest BCUT2D eigenvalue weighted by atomic mass is 127. The molecule has 6 heteroatoms. The summed E-state index contributed by atoms with van der Waals surface area (Å²) in [4.78, 5) is 13.1. The number of aromatic hydroxyl groups is 1. The van der Waals surface area contributed by atoms with E-state index in [0.29, 0.717) is 29.6 Å². The molecular weight excluding hydrogens is 534 g/mol. The Kier molecular flexibility index (Phi) is 5.16. The second-order valence-electron chi connectivity index (χ2n) is 5.57. The minimum Gasteiger partial charge on any atom is -0.506 e. The van der Waals surface area contributed by atoms with Crippen molar-refractivity contribution < 1.29 is 19.4 Å². The van der Waals surface area contributed by atoms with E-state index in [0.717, 1.165) is 5.39 Å². The van der Waals surface area contributed by atoms with Gasteiger partial charge in [-0.15, -0.1) is 0 Å². The lowest BCUT2D eigenvalue weighted by Crippen LogP contribution is -2.09. The smallest absolute Gasteiger partial charge is 0.197 e. The maximum Gasteiger partial charge on any atom is 0.197 e. The average Bonchev–Trinajstić information content (AvgIpc) is 2.88. The lowest BCUT2D eigenvalue weighted by Gasteiger charge is -2.07. The maximum absolute atomic E-state index is 13.1. The summed E-state index contributed by atoms with van der Waals surface area (Å²) in [6.07, 6.45) is -0.348. The molecule has 0 aliphatic heterocycles. The summed E-state index contributed by atoms with van der Waals surface area (Å²) in [6, 6.07) is 10.7.